The van der Waals surface area contributed by atoms with Crippen molar-refractivity contribution in [2.24, 2.45) is 0 Å². The van der Waals surface area contributed by atoms with Crippen LogP contribution in [0, 0.1) is 13.8 Å². The summed E-state index contributed by atoms with van der Waals surface area (Å²) in [7, 11) is 0. The van der Waals surface area contributed by atoms with Crippen LogP contribution >= 0.6 is 0 Å². The molecule has 0 aliphatic carbocycles. The van der Waals surface area contributed by atoms with Gasteiger partial charge in [-0.2, -0.15) is 0 Å². The molecule has 2 heterocycles. The van der Waals surface area contributed by atoms with Crippen LogP contribution < -0.4 is 10.2 Å². The van der Waals surface area contributed by atoms with Crippen LogP contribution in [-0.4, -0.2) is 23.1 Å². The van der Waals surface area contributed by atoms with E-state index in [0.717, 1.165) is 33.8 Å². The zero-order valence-corrected chi connectivity index (χ0v) is 15.0. The number of benzene rings is 1. The maximum atomic E-state index is 13.0. The van der Waals surface area contributed by atoms with Crippen LogP contribution in [0.3, 0.4) is 0 Å². The second-order valence-corrected chi connectivity index (χ2v) is 7.44. The highest BCUT2D eigenvalue weighted by molar-refractivity contribution is 6.35. The fourth-order valence-corrected chi connectivity index (χ4v) is 2.96. The summed E-state index contributed by atoms with van der Waals surface area (Å²) < 4.78 is 0. The van der Waals surface area contributed by atoms with Gasteiger partial charge in [-0.3, -0.25) is 15.0 Å². The molecule has 4 nitrogen and oxygen atoms in total. The Balaban J connectivity index is 2.00. The Morgan fingerprint density at radius 3 is 2.54 bits per heavy atom. The average molecular weight is 323 g/mol. The number of hydrogen-bond donors (Lipinski definition) is 2. The Morgan fingerprint density at radius 1 is 1.21 bits per heavy atom. The van der Waals surface area contributed by atoms with E-state index in [2.05, 4.69) is 44.1 Å². The molecule has 0 unspecified atom stereocenters. The van der Waals surface area contributed by atoms with Gasteiger partial charge in [0.25, 0.3) is 5.91 Å². The van der Waals surface area contributed by atoms with E-state index in [0.29, 0.717) is 6.67 Å². The number of amides is 1. The van der Waals surface area contributed by atoms with Gasteiger partial charge in [0.05, 0.1) is 17.9 Å². The first-order chi connectivity index (χ1) is 11.3. The van der Waals surface area contributed by atoms with Gasteiger partial charge in [0, 0.05) is 22.5 Å². The summed E-state index contributed by atoms with van der Waals surface area (Å²) in [5.41, 5.74) is 5.90. The predicted octanol–water partition coefficient (Wildman–Crippen LogP) is 3.86. The number of anilines is 1. The van der Waals surface area contributed by atoms with Crippen molar-refractivity contribution in [3.8, 4) is 0 Å². The van der Waals surface area contributed by atoms with Gasteiger partial charge in [-0.25, -0.2) is 0 Å². The minimum Gasteiger partial charge on any atom is -0.359 e. The maximum absolute atomic E-state index is 13.0. The van der Waals surface area contributed by atoms with Gasteiger partial charge in [0.2, 0.25) is 0 Å². The van der Waals surface area contributed by atoms with E-state index >= 15 is 0 Å². The molecule has 3 rings (SSSR count). The second-order valence-electron chi connectivity index (χ2n) is 7.44. The molecule has 1 aromatic heterocycles. The second kappa shape index (κ2) is 5.95. The van der Waals surface area contributed by atoms with Crippen molar-refractivity contribution in [3.63, 3.8) is 0 Å². The summed E-state index contributed by atoms with van der Waals surface area (Å²) in [6.07, 6.45) is 1.97. The number of para-hydroxylation sites is 1. The van der Waals surface area contributed by atoms with Gasteiger partial charge in [-0.05, 0) is 58.4 Å². The molecule has 1 aliphatic heterocycles. The number of carbonyl (C=O) groups is 1. The number of carbonyl (C=O) groups excluding carboxylic acids is 1. The molecule has 0 atom stereocenters. The molecule has 1 aromatic carbocycles. The zero-order chi connectivity index (χ0) is 17.5. The monoisotopic (exact) mass is 323 g/mol. The summed E-state index contributed by atoms with van der Waals surface area (Å²) in [5, 5.41) is 3.41. The van der Waals surface area contributed by atoms with E-state index < -0.39 is 0 Å². The largest absolute Gasteiger partial charge is 0.359 e. The van der Waals surface area contributed by atoms with Crippen LogP contribution in [0.5, 0.6) is 0 Å². The number of rotatable bonds is 3. The van der Waals surface area contributed by atoms with Crippen molar-refractivity contribution in [1.29, 1.82) is 0 Å². The number of nitrogens with one attached hydrogen (secondary N) is 2. The lowest BCUT2D eigenvalue weighted by Gasteiger charge is -2.25. The molecule has 126 valence electrons. The minimum atomic E-state index is -0.0468. The van der Waals surface area contributed by atoms with Gasteiger partial charge in [-0.1, -0.05) is 18.2 Å². The normalized spacial score (nSPS) is 16.1. The molecule has 1 amide bonds. The van der Waals surface area contributed by atoms with E-state index in [1.165, 1.54) is 0 Å². The Bertz CT molecular complexity index is 809. The summed E-state index contributed by atoms with van der Waals surface area (Å²) in [6, 6.07) is 10.1. The number of hydrogen-bond acceptors (Lipinski definition) is 2. The number of aryl methyl sites for hydroxylation is 2. The van der Waals surface area contributed by atoms with E-state index in [1.807, 2.05) is 42.2 Å². The van der Waals surface area contributed by atoms with Gasteiger partial charge in [0.15, 0.2) is 0 Å². The maximum Gasteiger partial charge on any atom is 0.260 e. The van der Waals surface area contributed by atoms with Crippen LogP contribution in [0.15, 0.2) is 30.3 Å². The van der Waals surface area contributed by atoms with Crippen LogP contribution in [0.4, 0.5) is 5.69 Å². The molecule has 4 heteroatoms. The lowest BCUT2D eigenvalue weighted by molar-refractivity contribution is -0.113. The van der Waals surface area contributed by atoms with E-state index in [1.54, 1.807) is 0 Å². The van der Waals surface area contributed by atoms with Gasteiger partial charge in [-0.15, -0.1) is 0 Å². The van der Waals surface area contributed by atoms with Gasteiger partial charge >= 0.3 is 0 Å². The number of fused-ring (bicyclic) bond motifs is 1. The van der Waals surface area contributed by atoms with Crippen molar-refractivity contribution >= 4 is 23.2 Å². The van der Waals surface area contributed by atoms with Crippen LogP contribution in [0.2, 0.25) is 0 Å². The first kappa shape index (κ1) is 16.5. The molecule has 1 aliphatic rings. The summed E-state index contributed by atoms with van der Waals surface area (Å²) in [5.74, 6) is 0.0413. The number of aromatic amines is 1. The molecular weight excluding hydrogens is 298 g/mol. The third-order valence-electron chi connectivity index (χ3n) is 4.21. The highest BCUT2D eigenvalue weighted by Gasteiger charge is 2.32. The molecule has 24 heavy (non-hydrogen) atoms. The number of aromatic nitrogens is 1. The Kier molecular flexibility index (Phi) is 4.10. The van der Waals surface area contributed by atoms with Crippen molar-refractivity contribution in [3.05, 3.63) is 52.8 Å². The smallest absolute Gasteiger partial charge is 0.260 e. The lowest BCUT2D eigenvalue weighted by atomic mass is 10.1. The third kappa shape index (κ3) is 3.15. The quantitative estimate of drug-likeness (QED) is 0.843. The van der Waals surface area contributed by atoms with Crippen LogP contribution in [-0.2, 0) is 4.79 Å². The predicted molar refractivity (Wildman–Crippen MR) is 99.8 cm³/mol. The van der Waals surface area contributed by atoms with Gasteiger partial charge in [0.1, 0.15) is 0 Å². The van der Waals surface area contributed by atoms with Gasteiger partial charge < -0.3 is 4.98 Å². The van der Waals surface area contributed by atoms with Crippen LogP contribution in [0.1, 0.15) is 43.3 Å². The minimum absolute atomic E-state index is 0.0413. The Morgan fingerprint density at radius 2 is 1.92 bits per heavy atom. The van der Waals surface area contributed by atoms with Crippen molar-refractivity contribution in [2.75, 3.05) is 11.6 Å². The molecule has 0 bridgehead atoms. The molecule has 0 saturated carbocycles. The molecule has 0 fully saturated rings. The van der Waals surface area contributed by atoms with E-state index in [-0.39, 0.29) is 11.4 Å². The summed E-state index contributed by atoms with van der Waals surface area (Å²) >= 11 is 0. The summed E-state index contributed by atoms with van der Waals surface area (Å²) in [4.78, 5) is 18.2. The first-order valence-electron chi connectivity index (χ1n) is 8.30. The first-order valence-corrected chi connectivity index (χ1v) is 8.30. The van der Waals surface area contributed by atoms with Crippen molar-refractivity contribution in [1.82, 2.24) is 10.3 Å². The molecule has 0 saturated heterocycles. The average Bonchev–Trinajstić information content (AvgIpc) is 2.95. The number of H-pyrrole nitrogens is 1. The number of nitrogens with zero attached hydrogens (tertiary/aromatic N) is 1. The Hall–Kier alpha value is -2.33. The standard InChI is InChI=1S/C20H25N3O/c1-13-10-14(2)22-17(13)11-16-15-8-6-7-9-18(15)23(19(16)24)12-21-20(3,4)5/h6-11,21-22H,12H2,1-5H3/b16-11-. The topological polar surface area (TPSA) is 48.1 Å². The molecule has 0 radical (unpaired) electrons. The SMILES string of the molecule is Cc1cc(C)c(/C=C2\C(=O)N(CNC(C)(C)C)c3ccccc32)[nH]1. The molecular formula is C20H25N3O. The molecule has 2 N–H and O–H groups in total. The highest BCUT2D eigenvalue weighted by atomic mass is 16.2. The lowest BCUT2D eigenvalue weighted by Crippen LogP contribution is -2.45. The third-order valence-corrected chi connectivity index (χ3v) is 4.21. The zero-order valence-electron chi connectivity index (χ0n) is 15.0. The molecule has 2 aromatic rings. The van der Waals surface area contributed by atoms with Crippen molar-refractivity contribution in [2.45, 2.75) is 40.2 Å². The fraction of sp³-hybridized carbons (Fsp3) is 0.350. The van der Waals surface area contributed by atoms with E-state index in [4.69, 9.17) is 0 Å². The van der Waals surface area contributed by atoms with Crippen LogP contribution in [0.25, 0.3) is 11.6 Å². The van der Waals surface area contributed by atoms with E-state index in [9.17, 15) is 4.79 Å². The van der Waals surface area contributed by atoms with Crippen molar-refractivity contribution < 1.29 is 4.79 Å². The highest BCUT2D eigenvalue weighted by Crippen LogP contribution is 2.37. The molecule has 0 spiro atoms. The fourth-order valence-electron chi connectivity index (χ4n) is 2.96. The summed E-state index contributed by atoms with van der Waals surface area (Å²) in [6.45, 7) is 10.9. The Labute approximate surface area is 143 Å².